The number of aromatic nitrogens is 2. The molecule has 0 saturated heterocycles. The zero-order valence-corrected chi connectivity index (χ0v) is 17.7. The molecule has 1 aliphatic rings. The van der Waals surface area contributed by atoms with E-state index in [4.69, 9.17) is 5.73 Å². The minimum Gasteiger partial charge on any atom is -0.382 e. The van der Waals surface area contributed by atoms with Gasteiger partial charge in [-0.05, 0) is 36.8 Å². The largest absolute Gasteiger partial charge is 0.382 e. The van der Waals surface area contributed by atoms with Crippen molar-refractivity contribution in [2.75, 3.05) is 15.4 Å². The Labute approximate surface area is 186 Å². The highest BCUT2D eigenvalue weighted by Crippen LogP contribution is 2.39. The molecule has 3 N–H and O–H groups in total. The summed E-state index contributed by atoms with van der Waals surface area (Å²) >= 11 is 0. The van der Waals surface area contributed by atoms with Crippen LogP contribution in [-0.4, -0.2) is 24.4 Å². The van der Waals surface area contributed by atoms with E-state index in [2.05, 4.69) is 15.3 Å². The molecule has 12 heteroatoms. The van der Waals surface area contributed by atoms with E-state index < -0.39 is 38.4 Å². The van der Waals surface area contributed by atoms with E-state index in [1.54, 1.807) is 0 Å². The van der Waals surface area contributed by atoms with Crippen LogP contribution in [0.15, 0.2) is 53.3 Å². The first kappa shape index (κ1) is 22.1. The van der Waals surface area contributed by atoms with Crippen molar-refractivity contribution in [2.45, 2.75) is 17.9 Å². The van der Waals surface area contributed by atoms with Crippen molar-refractivity contribution in [3.05, 3.63) is 77.0 Å². The Morgan fingerprint density at radius 3 is 2.52 bits per heavy atom. The second kappa shape index (κ2) is 8.10. The standard InChI is InChI=1S/C21H15F3N6O2S/c1-11(29-21-16(9-25)20(26)27-10-28-21)18-5-12-3-2-4-17(24)19(12)33(31,32)30(18)15-7-13(22)6-14(23)8-15/h2-8,10-11H,1H3,(H3,26,27,28,29)/t11-/m0/s1. The molecule has 4 rings (SSSR count). The predicted octanol–water partition coefficient (Wildman–Crippen LogP) is 3.40. The maximum atomic E-state index is 14.6. The van der Waals surface area contributed by atoms with Crippen LogP contribution in [0.2, 0.25) is 0 Å². The number of hydrogen-bond donors (Lipinski definition) is 2. The normalized spacial score (nSPS) is 15.2. The van der Waals surface area contributed by atoms with Gasteiger partial charge in [0.15, 0.2) is 0 Å². The van der Waals surface area contributed by atoms with E-state index in [9.17, 15) is 26.9 Å². The van der Waals surface area contributed by atoms with Crippen LogP contribution in [0.3, 0.4) is 0 Å². The molecule has 0 saturated carbocycles. The fourth-order valence-electron chi connectivity index (χ4n) is 3.50. The molecule has 2 aromatic carbocycles. The molecule has 0 bridgehead atoms. The summed E-state index contributed by atoms with van der Waals surface area (Å²) in [6, 6.07) is 6.89. The molecule has 0 fully saturated rings. The van der Waals surface area contributed by atoms with Gasteiger partial charge < -0.3 is 11.1 Å². The second-order valence-electron chi connectivity index (χ2n) is 7.08. The van der Waals surface area contributed by atoms with Gasteiger partial charge in [0.2, 0.25) is 0 Å². The molecule has 0 aliphatic carbocycles. The Bertz CT molecular complexity index is 1430. The Balaban J connectivity index is 1.91. The number of nitrogens with two attached hydrogens (primary N) is 1. The van der Waals surface area contributed by atoms with Gasteiger partial charge in [0, 0.05) is 6.07 Å². The van der Waals surface area contributed by atoms with E-state index in [1.165, 1.54) is 25.1 Å². The summed E-state index contributed by atoms with van der Waals surface area (Å²) < 4.78 is 70.1. The van der Waals surface area contributed by atoms with Gasteiger partial charge in [0.1, 0.15) is 51.9 Å². The lowest BCUT2D eigenvalue weighted by molar-refractivity contribution is 0.562. The molecule has 1 atom stereocenters. The lowest BCUT2D eigenvalue weighted by Crippen LogP contribution is -2.40. The first-order chi connectivity index (χ1) is 15.6. The van der Waals surface area contributed by atoms with Crippen LogP contribution >= 0.6 is 0 Å². The molecule has 2 heterocycles. The molecule has 0 amide bonds. The SMILES string of the molecule is C[C@H](Nc1ncnc(N)c1C#N)C1=Cc2cccc(F)c2S(=O)(=O)N1c1cc(F)cc(F)c1. The summed E-state index contributed by atoms with van der Waals surface area (Å²) in [5.41, 5.74) is 5.31. The Kier molecular flexibility index (Phi) is 5.43. The summed E-state index contributed by atoms with van der Waals surface area (Å²) in [4.78, 5) is 7.07. The third-order valence-corrected chi connectivity index (χ3v) is 6.75. The second-order valence-corrected chi connectivity index (χ2v) is 8.81. The number of rotatable bonds is 4. The lowest BCUT2D eigenvalue weighted by atomic mass is 10.1. The Hall–Kier alpha value is -4.11. The number of fused-ring (bicyclic) bond motifs is 1. The van der Waals surface area contributed by atoms with Gasteiger partial charge in [-0.2, -0.15) is 5.26 Å². The van der Waals surface area contributed by atoms with Crippen molar-refractivity contribution in [1.29, 1.82) is 5.26 Å². The number of nitrogens with one attached hydrogen (secondary N) is 1. The highest BCUT2D eigenvalue weighted by atomic mass is 32.2. The molecule has 0 unspecified atom stereocenters. The average Bonchev–Trinajstić information content (AvgIpc) is 2.72. The van der Waals surface area contributed by atoms with Crippen LogP contribution in [0.4, 0.5) is 30.5 Å². The third-order valence-electron chi connectivity index (χ3n) is 4.90. The molecule has 33 heavy (non-hydrogen) atoms. The van der Waals surface area contributed by atoms with E-state index in [-0.39, 0.29) is 34.1 Å². The topological polar surface area (TPSA) is 125 Å². The number of benzene rings is 2. The monoisotopic (exact) mass is 472 g/mol. The maximum absolute atomic E-state index is 14.6. The van der Waals surface area contributed by atoms with Crippen LogP contribution in [0, 0.1) is 28.8 Å². The van der Waals surface area contributed by atoms with Gasteiger partial charge in [-0.3, -0.25) is 0 Å². The van der Waals surface area contributed by atoms with E-state index >= 15 is 0 Å². The molecule has 1 aromatic heterocycles. The van der Waals surface area contributed by atoms with Crippen molar-refractivity contribution in [3.63, 3.8) is 0 Å². The average molecular weight is 472 g/mol. The van der Waals surface area contributed by atoms with Gasteiger partial charge >= 0.3 is 0 Å². The fraction of sp³-hybridized carbons (Fsp3) is 0.0952. The highest BCUT2D eigenvalue weighted by molar-refractivity contribution is 7.93. The highest BCUT2D eigenvalue weighted by Gasteiger charge is 2.38. The zero-order valence-electron chi connectivity index (χ0n) is 16.9. The van der Waals surface area contributed by atoms with Gasteiger partial charge in [0.25, 0.3) is 10.0 Å². The minimum absolute atomic E-state index is 0.000765. The van der Waals surface area contributed by atoms with E-state index in [0.717, 1.165) is 24.5 Å². The number of nitrogens with zero attached hydrogens (tertiary/aromatic N) is 4. The number of halogens is 3. The molecule has 168 valence electrons. The van der Waals surface area contributed by atoms with Crippen LogP contribution in [0.1, 0.15) is 18.1 Å². The summed E-state index contributed by atoms with van der Waals surface area (Å²) in [5.74, 6) is -3.12. The first-order valence-electron chi connectivity index (χ1n) is 9.42. The molecule has 0 spiro atoms. The summed E-state index contributed by atoms with van der Waals surface area (Å²) in [6.45, 7) is 1.54. The Morgan fingerprint density at radius 1 is 1.15 bits per heavy atom. The van der Waals surface area contributed by atoms with Crippen LogP contribution in [0.5, 0.6) is 0 Å². The van der Waals surface area contributed by atoms with E-state index in [0.29, 0.717) is 10.4 Å². The van der Waals surface area contributed by atoms with Gasteiger partial charge in [-0.15, -0.1) is 0 Å². The van der Waals surface area contributed by atoms with Crippen molar-refractivity contribution >= 4 is 33.4 Å². The van der Waals surface area contributed by atoms with Crippen molar-refractivity contribution in [3.8, 4) is 6.07 Å². The minimum atomic E-state index is -4.62. The smallest absolute Gasteiger partial charge is 0.271 e. The molecular weight excluding hydrogens is 457 g/mol. The molecular formula is C21H15F3N6O2S. The van der Waals surface area contributed by atoms with Crippen LogP contribution in [-0.2, 0) is 10.0 Å². The van der Waals surface area contributed by atoms with Crippen molar-refractivity contribution < 1.29 is 21.6 Å². The van der Waals surface area contributed by atoms with Gasteiger partial charge in [-0.1, -0.05) is 12.1 Å². The quantitative estimate of drug-likeness (QED) is 0.596. The van der Waals surface area contributed by atoms with E-state index in [1.807, 2.05) is 6.07 Å². The number of sulfonamides is 1. The molecule has 0 radical (unpaired) electrons. The number of anilines is 3. The third kappa shape index (κ3) is 3.83. The summed E-state index contributed by atoms with van der Waals surface area (Å²) in [7, 11) is -4.62. The lowest BCUT2D eigenvalue weighted by Gasteiger charge is -2.34. The molecule has 1 aliphatic heterocycles. The molecule has 8 nitrogen and oxygen atoms in total. The maximum Gasteiger partial charge on any atom is 0.271 e. The summed E-state index contributed by atoms with van der Waals surface area (Å²) in [5, 5.41) is 12.2. The summed E-state index contributed by atoms with van der Waals surface area (Å²) in [6.07, 6.45) is 2.48. The number of nitriles is 1. The Morgan fingerprint density at radius 2 is 1.85 bits per heavy atom. The predicted molar refractivity (Wildman–Crippen MR) is 115 cm³/mol. The molecule has 3 aromatic rings. The fourth-order valence-corrected chi connectivity index (χ4v) is 5.30. The van der Waals surface area contributed by atoms with Crippen LogP contribution in [0.25, 0.3) is 6.08 Å². The van der Waals surface area contributed by atoms with Gasteiger partial charge in [0.05, 0.1) is 17.4 Å². The van der Waals surface area contributed by atoms with Gasteiger partial charge in [-0.25, -0.2) is 35.9 Å². The first-order valence-corrected chi connectivity index (χ1v) is 10.9. The van der Waals surface area contributed by atoms with Crippen molar-refractivity contribution in [2.24, 2.45) is 0 Å². The van der Waals surface area contributed by atoms with Crippen LogP contribution < -0.4 is 15.4 Å². The number of hydrogen-bond acceptors (Lipinski definition) is 7. The zero-order chi connectivity index (χ0) is 23.9. The number of nitrogen functional groups attached to an aromatic ring is 1. The van der Waals surface area contributed by atoms with Crippen molar-refractivity contribution in [1.82, 2.24) is 9.97 Å².